The summed E-state index contributed by atoms with van der Waals surface area (Å²) in [6.45, 7) is 5.07. The van der Waals surface area contributed by atoms with E-state index >= 15 is 0 Å². The smallest absolute Gasteiger partial charge is 0.244 e. The maximum atomic E-state index is 6.01. The Kier molecular flexibility index (Phi) is 5.66. The largest absolute Gasteiger partial charge is 0.378 e. The minimum atomic E-state index is 0.141. The van der Waals surface area contributed by atoms with Crippen LogP contribution in [0.15, 0.2) is 47.1 Å². The molecule has 0 saturated carbocycles. The number of aromatic nitrogens is 3. The van der Waals surface area contributed by atoms with Gasteiger partial charge in [-0.25, -0.2) is 4.98 Å². The SMILES string of the molecule is Clc1ccc(CN2CCCC2c2nc(-c3ccc(N4CCOCC4)nc3)no2)cc1. The Hall–Kier alpha value is -2.48. The molecule has 2 fully saturated rings. The summed E-state index contributed by atoms with van der Waals surface area (Å²) >= 11 is 6.01. The van der Waals surface area contributed by atoms with Crippen molar-refractivity contribution in [2.45, 2.75) is 25.4 Å². The highest BCUT2D eigenvalue weighted by atomic mass is 35.5. The lowest BCUT2D eigenvalue weighted by atomic mass is 10.2. The summed E-state index contributed by atoms with van der Waals surface area (Å²) in [7, 11) is 0. The summed E-state index contributed by atoms with van der Waals surface area (Å²) in [6.07, 6.45) is 3.95. The van der Waals surface area contributed by atoms with Gasteiger partial charge in [-0.1, -0.05) is 28.9 Å². The predicted molar refractivity (Wildman–Crippen MR) is 114 cm³/mol. The zero-order valence-corrected chi connectivity index (χ0v) is 17.5. The van der Waals surface area contributed by atoms with Gasteiger partial charge < -0.3 is 14.2 Å². The van der Waals surface area contributed by atoms with Gasteiger partial charge in [0.05, 0.1) is 19.3 Å². The molecule has 8 heteroatoms. The van der Waals surface area contributed by atoms with Crippen molar-refractivity contribution in [2.24, 2.45) is 0 Å². The van der Waals surface area contributed by atoms with Crippen LogP contribution in [0.3, 0.4) is 0 Å². The molecule has 2 aliphatic rings. The van der Waals surface area contributed by atoms with E-state index in [1.54, 1.807) is 0 Å². The third-order valence-electron chi connectivity index (χ3n) is 5.73. The molecule has 5 rings (SSSR count). The number of ether oxygens (including phenoxy) is 1. The van der Waals surface area contributed by atoms with Crippen LogP contribution in [0.1, 0.15) is 30.3 Å². The van der Waals surface area contributed by atoms with Crippen molar-refractivity contribution in [1.29, 1.82) is 0 Å². The van der Waals surface area contributed by atoms with Gasteiger partial charge in [0.1, 0.15) is 5.82 Å². The second-order valence-corrected chi connectivity index (χ2v) is 8.15. The quantitative estimate of drug-likeness (QED) is 0.612. The Labute approximate surface area is 180 Å². The van der Waals surface area contributed by atoms with Crippen molar-refractivity contribution >= 4 is 17.4 Å². The van der Waals surface area contributed by atoms with E-state index in [4.69, 9.17) is 25.8 Å². The van der Waals surface area contributed by atoms with E-state index in [0.29, 0.717) is 11.7 Å². The van der Waals surface area contributed by atoms with E-state index in [2.05, 4.69) is 32.1 Å². The molecule has 0 spiro atoms. The average molecular weight is 426 g/mol. The van der Waals surface area contributed by atoms with Crippen LogP contribution in [0, 0.1) is 0 Å². The van der Waals surface area contributed by atoms with E-state index < -0.39 is 0 Å². The van der Waals surface area contributed by atoms with Crippen LogP contribution in [0.4, 0.5) is 5.82 Å². The second kappa shape index (κ2) is 8.71. The number of likely N-dealkylation sites (tertiary alicyclic amines) is 1. The molecule has 2 saturated heterocycles. The second-order valence-electron chi connectivity index (χ2n) is 7.72. The highest BCUT2D eigenvalue weighted by molar-refractivity contribution is 6.30. The molecule has 0 N–H and O–H groups in total. The maximum Gasteiger partial charge on any atom is 0.244 e. The fraction of sp³-hybridized carbons (Fsp3) is 0.409. The number of halogens is 1. The Morgan fingerprint density at radius 3 is 2.63 bits per heavy atom. The first-order valence-electron chi connectivity index (χ1n) is 10.4. The van der Waals surface area contributed by atoms with Crippen molar-refractivity contribution in [1.82, 2.24) is 20.0 Å². The third-order valence-corrected chi connectivity index (χ3v) is 5.98. The number of anilines is 1. The number of hydrogen-bond acceptors (Lipinski definition) is 7. The molecule has 1 aromatic carbocycles. The number of pyridine rings is 1. The van der Waals surface area contributed by atoms with Gasteiger partial charge in [-0.15, -0.1) is 0 Å². The molecule has 7 nitrogen and oxygen atoms in total. The molecule has 0 bridgehead atoms. The molecular formula is C22H24ClN5O2. The van der Waals surface area contributed by atoms with Crippen LogP contribution in [-0.4, -0.2) is 52.9 Å². The zero-order valence-electron chi connectivity index (χ0n) is 16.7. The van der Waals surface area contributed by atoms with Gasteiger partial charge in [0.15, 0.2) is 0 Å². The maximum absolute atomic E-state index is 6.01. The lowest BCUT2D eigenvalue weighted by Gasteiger charge is -2.27. The van der Waals surface area contributed by atoms with E-state index in [-0.39, 0.29) is 6.04 Å². The fourth-order valence-electron chi connectivity index (χ4n) is 4.11. The lowest BCUT2D eigenvalue weighted by Crippen LogP contribution is -2.36. The molecule has 1 atom stereocenters. The molecule has 2 aromatic heterocycles. The number of benzene rings is 1. The molecule has 156 valence electrons. The van der Waals surface area contributed by atoms with Gasteiger partial charge in [0, 0.05) is 36.4 Å². The molecule has 1 unspecified atom stereocenters. The molecule has 0 aliphatic carbocycles. The van der Waals surface area contributed by atoms with E-state index in [0.717, 1.165) is 68.6 Å². The Morgan fingerprint density at radius 2 is 1.87 bits per heavy atom. The van der Waals surface area contributed by atoms with Crippen LogP contribution in [0.25, 0.3) is 11.4 Å². The third kappa shape index (κ3) is 4.19. The highest BCUT2D eigenvalue weighted by Crippen LogP contribution is 2.33. The minimum absolute atomic E-state index is 0.141. The van der Waals surface area contributed by atoms with Crippen molar-refractivity contribution in [3.8, 4) is 11.4 Å². The van der Waals surface area contributed by atoms with Crippen LogP contribution >= 0.6 is 11.6 Å². The summed E-state index contributed by atoms with van der Waals surface area (Å²) in [5.74, 6) is 2.22. The molecule has 30 heavy (non-hydrogen) atoms. The molecule has 4 heterocycles. The number of hydrogen-bond donors (Lipinski definition) is 0. The van der Waals surface area contributed by atoms with E-state index in [1.165, 1.54) is 5.56 Å². The number of rotatable bonds is 5. The molecule has 0 amide bonds. The van der Waals surface area contributed by atoms with Crippen LogP contribution in [-0.2, 0) is 11.3 Å². The van der Waals surface area contributed by atoms with Gasteiger partial charge in [-0.3, -0.25) is 4.90 Å². The van der Waals surface area contributed by atoms with Gasteiger partial charge >= 0.3 is 0 Å². The predicted octanol–water partition coefficient (Wildman–Crippen LogP) is 3.96. The zero-order chi connectivity index (χ0) is 20.3. The minimum Gasteiger partial charge on any atom is -0.378 e. The topological polar surface area (TPSA) is 67.5 Å². The lowest BCUT2D eigenvalue weighted by molar-refractivity contribution is 0.122. The average Bonchev–Trinajstić information content (AvgIpc) is 3.46. The summed E-state index contributed by atoms with van der Waals surface area (Å²) in [4.78, 5) is 13.9. The van der Waals surface area contributed by atoms with Crippen molar-refractivity contribution in [2.75, 3.05) is 37.7 Å². The Morgan fingerprint density at radius 1 is 1.03 bits per heavy atom. The monoisotopic (exact) mass is 425 g/mol. The van der Waals surface area contributed by atoms with E-state index in [1.807, 2.05) is 30.5 Å². The van der Waals surface area contributed by atoms with E-state index in [9.17, 15) is 0 Å². The Bertz CT molecular complexity index is 970. The molecule has 2 aliphatic heterocycles. The van der Waals surface area contributed by atoms with Crippen LogP contribution < -0.4 is 4.90 Å². The summed E-state index contributed by atoms with van der Waals surface area (Å²) in [6, 6.07) is 12.2. The fourth-order valence-corrected chi connectivity index (χ4v) is 4.23. The highest BCUT2D eigenvalue weighted by Gasteiger charge is 2.31. The number of morpholine rings is 1. The first kappa shape index (κ1) is 19.5. The number of nitrogens with zero attached hydrogens (tertiary/aromatic N) is 5. The first-order valence-corrected chi connectivity index (χ1v) is 10.8. The van der Waals surface area contributed by atoms with Gasteiger partial charge in [-0.05, 0) is 49.2 Å². The first-order chi connectivity index (χ1) is 14.8. The molecule has 3 aromatic rings. The van der Waals surface area contributed by atoms with Gasteiger partial charge in [0.2, 0.25) is 11.7 Å². The molecular weight excluding hydrogens is 402 g/mol. The standard InChI is InChI=1S/C22H24ClN5O2/c23-18-6-3-16(4-7-18)15-28-9-1-2-19(28)22-25-21(26-30-22)17-5-8-20(24-14-17)27-10-12-29-13-11-27/h3-8,14,19H,1-2,9-13,15H2. The summed E-state index contributed by atoms with van der Waals surface area (Å²) in [5.41, 5.74) is 2.10. The van der Waals surface area contributed by atoms with Crippen molar-refractivity contribution in [3.63, 3.8) is 0 Å². The normalized spacial score (nSPS) is 20.0. The Balaban J connectivity index is 1.29. The van der Waals surface area contributed by atoms with Crippen LogP contribution in [0.2, 0.25) is 5.02 Å². The summed E-state index contributed by atoms with van der Waals surface area (Å²) in [5, 5.41) is 4.98. The van der Waals surface area contributed by atoms with Gasteiger partial charge in [-0.2, -0.15) is 4.98 Å². The van der Waals surface area contributed by atoms with Crippen molar-refractivity contribution in [3.05, 3.63) is 59.1 Å². The van der Waals surface area contributed by atoms with Gasteiger partial charge in [0.25, 0.3) is 0 Å². The molecule has 0 radical (unpaired) electrons. The summed E-state index contributed by atoms with van der Waals surface area (Å²) < 4.78 is 11.1. The van der Waals surface area contributed by atoms with Crippen molar-refractivity contribution < 1.29 is 9.26 Å². The van der Waals surface area contributed by atoms with Crippen LogP contribution in [0.5, 0.6) is 0 Å².